The SMILES string of the molecule is O=C1COc2ccc(C(O)Cc3ccccc3F)cc2N1. The van der Waals surface area contributed by atoms with Crippen LogP contribution in [0.5, 0.6) is 5.75 Å². The molecule has 1 aliphatic heterocycles. The van der Waals surface area contributed by atoms with E-state index in [1.165, 1.54) is 6.07 Å². The molecule has 0 fully saturated rings. The zero-order valence-corrected chi connectivity index (χ0v) is 11.2. The van der Waals surface area contributed by atoms with Crippen LogP contribution in [-0.4, -0.2) is 17.6 Å². The molecule has 1 amide bonds. The molecule has 1 unspecified atom stereocenters. The Morgan fingerprint density at radius 1 is 1.29 bits per heavy atom. The van der Waals surface area contributed by atoms with Crippen LogP contribution in [-0.2, 0) is 11.2 Å². The fraction of sp³-hybridized carbons (Fsp3) is 0.188. The summed E-state index contributed by atoms with van der Waals surface area (Å²) in [5, 5.41) is 12.9. The Morgan fingerprint density at radius 3 is 2.90 bits per heavy atom. The maximum absolute atomic E-state index is 13.6. The summed E-state index contributed by atoms with van der Waals surface area (Å²) >= 11 is 0. The molecule has 2 aromatic carbocycles. The summed E-state index contributed by atoms with van der Waals surface area (Å²) in [5.41, 5.74) is 1.57. The van der Waals surface area contributed by atoms with Gasteiger partial charge in [0.05, 0.1) is 11.8 Å². The first-order valence-electron chi connectivity index (χ1n) is 6.61. The van der Waals surface area contributed by atoms with Gasteiger partial charge in [0.2, 0.25) is 0 Å². The first-order chi connectivity index (χ1) is 10.1. The predicted molar refractivity (Wildman–Crippen MR) is 75.6 cm³/mol. The van der Waals surface area contributed by atoms with Crippen LogP contribution in [0.2, 0.25) is 0 Å². The number of ether oxygens (including phenoxy) is 1. The normalized spacial score (nSPS) is 14.9. The van der Waals surface area contributed by atoms with Gasteiger partial charge in [-0.25, -0.2) is 4.39 Å². The van der Waals surface area contributed by atoms with Crippen LogP contribution in [0, 0.1) is 5.82 Å². The molecule has 0 saturated heterocycles. The molecule has 4 nitrogen and oxygen atoms in total. The van der Waals surface area contributed by atoms with Crippen molar-refractivity contribution in [3.05, 3.63) is 59.4 Å². The number of halogens is 1. The molecule has 5 heteroatoms. The predicted octanol–water partition coefficient (Wildman–Crippen LogP) is 2.43. The van der Waals surface area contributed by atoms with E-state index in [4.69, 9.17) is 4.74 Å². The van der Waals surface area contributed by atoms with Crippen molar-refractivity contribution in [2.45, 2.75) is 12.5 Å². The maximum Gasteiger partial charge on any atom is 0.262 e. The minimum atomic E-state index is -0.856. The van der Waals surface area contributed by atoms with Crippen LogP contribution in [0.4, 0.5) is 10.1 Å². The van der Waals surface area contributed by atoms with Crippen LogP contribution in [0.25, 0.3) is 0 Å². The van der Waals surface area contributed by atoms with E-state index in [2.05, 4.69) is 5.32 Å². The van der Waals surface area contributed by atoms with Gasteiger partial charge in [0, 0.05) is 6.42 Å². The summed E-state index contributed by atoms with van der Waals surface area (Å²) in [6, 6.07) is 11.4. The molecule has 0 spiro atoms. The number of amides is 1. The van der Waals surface area contributed by atoms with E-state index in [0.29, 0.717) is 22.6 Å². The van der Waals surface area contributed by atoms with Crippen LogP contribution in [0.1, 0.15) is 17.2 Å². The summed E-state index contributed by atoms with van der Waals surface area (Å²) < 4.78 is 18.9. The lowest BCUT2D eigenvalue weighted by Crippen LogP contribution is -2.25. The summed E-state index contributed by atoms with van der Waals surface area (Å²) in [5.74, 6) is -0.00849. The molecule has 3 rings (SSSR count). The fourth-order valence-corrected chi connectivity index (χ4v) is 2.30. The molecular weight excluding hydrogens is 273 g/mol. The molecule has 21 heavy (non-hydrogen) atoms. The van der Waals surface area contributed by atoms with E-state index in [1.807, 2.05) is 0 Å². The number of carbonyl (C=O) groups excluding carboxylic acids is 1. The van der Waals surface area contributed by atoms with Gasteiger partial charge in [0.25, 0.3) is 5.91 Å². The molecule has 108 valence electrons. The maximum atomic E-state index is 13.6. The number of anilines is 1. The number of aliphatic hydroxyl groups is 1. The number of hydrogen-bond donors (Lipinski definition) is 2. The van der Waals surface area contributed by atoms with Gasteiger partial charge in [-0.15, -0.1) is 0 Å². The second-order valence-electron chi connectivity index (χ2n) is 4.90. The highest BCUT2D eigenvalue weighted by atomic mass is 19.1. The molecule has 0 radical (unpaired) electrons. The van der Waals surface area contributed by atoms with Crippen molar-refractivity contribution in [1.82, 2.24) is 0 Å². The molecule has 1 atom stereocenters. The number of fused-ring (bicyclic) bond motifs is 1. The van der Waals surface area contributed by atoms with Gasteiger partial charge in [-0.3, -0.25) is 4.79 Å². The van der Waals surface area contributed by atoms with Crippen LogP contribution in [0.15, 0.2) is 42.5 Å². The topological polar surface area (TPSA) is 58.6 Å². The smallest absolute Gasteiger partial charge is 0.262 e. The molecule has 1 heterocycles. The van der Waals surface area contributed by atoms with E-state index in [9.17, 15) is 14.3 Å². The number of carbonyl (C=O) groups is 1. The van der Waals surface area contributed by atoms with Gasteiger partial charge >= 0.3 is 0 Å². The number of benzene rings is 2. The molecular formula is C16H14FNO3. The zero-order valence-electron chi connectivity index (χ0n) is 11.2. The van der Waals surface area contributed by atoms with Crippen molar-refractivity contribution in [3.63, 3.8) is 0 Å². The van der Waals surface area contributed by atoms with Gasteiger partial charge in [-0.1, -0.05) is 24.3 Å². The lowest BCUT2D eigenvalue weighted by atomic mass is 10.00. The molecule has 0 bridgehead atoms. The zero-order chi connectivity index (χ0) is 14.8. The fourth-order valence-electron chi connectivity index (χ4n) is 2.30. The average Bonchev–Trinajstić information content (AvgIpc) is 2.48. The van der Waals surface area contributed by atoms with Crippen molar-refractivity contribution < 1.29 is 19.0 Å². The second kappa shape index (κ2) is 5.54. The van der Waals surface area contributed by atoms with Crippen molar-refractivity contribution in [2.75, 3.05) is 11.9 Å². The van der Waals surface area contributed by atoms with Gasteiger partial charge in [-0.05, 0) is 29.3 Å². The Balaban J connectivity index is 1.82. The van der Waals surface area contributed by atoms with E-state index < -0.39 is 6.10 Å². The highest BCUT2D eigenvalue weighted by Crippen LogP contribution is 2.31. The minimum absolute atomic E-state index is 0.00979. The molecule has 0 aromatic heterocycles. The van der Waals surface area contributed by atoms with E-state index in [-0.39, 0.29) is 24.8 Å². The highest BCUT2D eigenvalue weighted by Gasteiger charge is 2.18. The largest absolute Gasteiger partial charge is 0.482 e. The van der Waals surface area contributed by atoms with E-state index >= 15 is 0 Å². The number of aliphatic hydroxyl groups excluding tert-OH is 1. The quantitative estimate of drug-likeness (QED) is 0.911. The Bertz CT molecular complexity index is 687. The Morgan fingerprint density at radius 2 is 2.10 bits per heavy atom. The molecule has 2 aromatic rings. The molecule has 0 saturated carbocycles. The highest BCUT2D eigenvalue weighted by molar-refractivity contribution is 5.95. The number of hydrogen-bond acceptors (Lipinski definition) is 3. The van der Waals surface area contributed by atoms with Crippen molar-refractivity contribution in [2.24, 2.45) is 0 Å². The summed E-state index contributed by atoms with van der Waals surface area (Å²) in [6.07, 6.45) is -0.689. The lowest BCUT2D eigenvalue weighted by Gasteiger charge is -2.20. The third-order valence-corrected chi connectivity index (χ3v) is 3.39. The van der Waals surface area contributed by atoms with Crippen molar-refractivity contribution >= 4 is 11.6 Å². The number of nitrogens with one attached hydrogen (secondary N) is 1. The third kappa shape index (κ3) is 2.87. The van der Waals surface area contributed by atoms with Crippen molar-refractivity contribution in [1.29, 1.82) is 0 Å². The van der Waals surface area contributed by atoms with Crippen molar-refractivity contribution in [3.8, 4) is 5.75 Å². The Hall–Kier alpha value is -2.40. The molecule has 1 aliphatic rings. The van der Waals surface area contributed by atoms with Gasteiger partial charge in [-0.2, -0.15) is 0 Å². The van der Waals surface area contributed by atoms with Crippen LogP contribution < -0.4 is 10.1 Å². The average molecular weight is 287 g/mol. The first-order valence-corrected chi connectivity index (χ1v) is 6.61. The molecule has 2 N–H and O–H groups in total. The van der Waals surface area contributed by atoms with Gasteiger partial charge < -0.3 is 15.2 Å². The van der Waals surface area contributed by atoms with E-state index in [1.54, 1.807) is 36.4 Å². The third-order valence-electron chi connectivity index (χ3n) is 3.39. The summed E-state index contributed by atoms with van der Waals surface area (Å²) in [7, 11) is 0. The summed E-state index contributed by atoms with van der Waals surface area (Å²) in [4.78, 5) is 11.3. The van der Waals surface area contributed by atoms with Gasteiger partial charge in [0.1, 0.15) is 11.6 Å². The monoisotopic (exact) mass is 287 g/mol. The van der Waals surface area contributed by atoms with E-state index in [0.717, 1.165) is 0 Å². The first kappa shape index (κ1) is 13.6. The molecule has 0 aliphatic carbocycles. The van der Waals surface area contributed by atoms with Gasteiger partial charge in [0.15, 0.2) is 6.61 Å². The summed E-state index contributed by atoms with van der Waals surface area (Å²) in [6.45, 7) is -0.00979. The van der Waals surface area contributed by atoms with Crippen LogP contribution in [0.3, 0.4) is 0 Å². The Kier molecular flexibility index (Phi) is 3.58. The number of rotatable bonds is 3. The lowest BCUT2D eigenvalue weighted by molar-refractivity contribution is -0.118. The standard InChI is InChI=1S/C16H14FNO3/c17-12-4-2-1-3-10(12)8-14(19)11-5-6-15-13(7-11)18-16(20)9-21-15/h1-7,14,19H,8-9H2,(H,18,20). The van der Waals surface area contributed by atoms with Crippen LogP contribution >= 0.6 is 0 Å². The minimum Gasteiger partial charge on any atom is -0.482 e. The second-order valence-corrected chi connectivity index (χ2v) is 4.90. The Labute approximate surface area is 121 Å².